The molecule has 0 atom stereocenters. The monoisotopic (exact) mass is 800 g/mol. The van der Waals surface area contributed by atoms with Crippen molar-refractivity contribution in [1.82, 2.24) is 15.0 Å². The van der Waals surface area contributed by atoms with Crippen molar-refractivity contribution in [2.24, 2.45) is 0 Å². The van der Waals surface area contributed by atoms with Crippen LogP contribution in [0.25, 0.3) is 45.0 Å². The Balaban J connectivity index is 1.25. The number of rotatable bonds is 10. The predicted molar refractivity (Wildman–Crippen MR) is 262 cm³/mol. The van der Waals surface area contributed by atoms with Gasteiger partial charge in [0, 0.05) is 22.5 Å². The van der Waals surface area contributed by atoms with Crippen LogP contribution >= 0.6 is 0 Å². The number of aromatic nitrogens is 3. The van der Waals surface area contributed by atoms with Crippen LogP contribution in [0.3, 0.4) is 0 Å². The molecule has 0 amide bonds. The first-order valence-electron chi connectivity index (χ1n) is 21.4. The maximum atomic E-state index is 5.34. The lowest BCUT2D eigenvalue weighted by atomic mass is 9.34. The molecule has 4 nitrogen and oxygen atoms in total. The zero-order chi connectivity index (χ0) is 42.7. The first-order chi connectivity index (χ1) is 30.2. The van der Waals surface area contributed by atoms with E-state index in [1.807, 2.05) is 24.3 Å². The molecule has 300 valence electrons. The summed E-state index contributed by atoms with van der Waals surface area (Å²) in [5.41, 5.74) is 19.9. The van der Waals surface area contributed by atoms with Crippen molar-refractivity contribution in [3.8, 4) is 45.0 Å². The SMILES string of the molecule is Cc1cc(C)c(B(c2ccc(N(c3cccc(-c4ccccc4)c3)c3nc(-c4ccccc4)nc(-c4cccc(-c5ccccc5)c4)n3)cc2)c2c(C)cc(C)cc2C)c(C)c1. The fraction of sp³-hybridized carbons (Fsp3) is 0.105. The number of hydrogen-bond donors (Lipinski definition) is 0. The first kappa shape index (κ1) is 40.1. The molecule has 0 aliphatic heterocycles. The molecule has 0 unspecified atom stereocenters. The Morgan fingerprint density at radius 3 is 1.27 bits per heavy atom. The molecule has 62 heavy (non-hydrogen) atoms. The van der Waals surface area contributed by atoms with Crippen LogP contribution in [0.4, 0.5) is 17.3 Å². The molecule has 8 aromatic carbocycles. The molecular weight excluding hydrogens is 751 g/mol. The summed E-state index contributed by atoms with van der Waals surface area (Å²) in [5.74, 6) is 1.74. The molecule has 1 aromatic heterocycles. The maximum Gasteiger partial charge on any atom is 0.242 e. The largest absolute Gasteiger partial charge is 0.279 e. The second-order valence-electron chi connectivity index (χ2n) is 16.5. The van der Waals surface area contributed by atoms with E-state index >= 15 is 0 Å². The average Bonchev–Trinajstić information content (AvgIpc) is 3.29. The molecule has 0 saturated heterocycles. The highest BCUT2D eigenvalue weighted by molar-refractivity contribution is 6.96. The number of benzene rings is 8. The van der Waals surface area contributed by atoms with E-state index in [0.29, 0.717) is 17.6 Å². The molecule has 0 saturated carbocycles. The first-order valence-corrected chi connectivity index (χ1v) is 21.4. The van der Waals surface area contributed by atoms with Crippen LogP contribution in [-0.4, -0.2) is 21.7 Å². The minimum absolute atomic E-state index is 0.0467. The van der Waals surface area contributed by atoms with E-state index in [2.05, 4.69) is 210 Å². The van der Waals surface area contributed by atoms with Crippen molar-refractivity contribution in [2.75, 3.05) is 4.90 Å². The summed E-state index contributed by atoms with van der Waals surface area (Å²) in [7, 11) is 0. The van der Waals surface area contributed by atoms with Gasteiger partial charge in [-0.15, -0.1) is 0 Å². The summed E-state index contributed by atoms with van der Waals surface area (Å²) in [4.78, 5) is 17.9. The zero-order valence-corrected chi connectivity index (χ0v) is 36.3. The summed E-state index contributed by atoms with van der Waals surface area (Å²) in [6.07, 6.45) is 0. The van der Waals surface area contributed by atoms with E-state index in [9.17, 15) is 0 Å². The Bertz CT molecular complexity index is 2910. The maximum absolute atomic E-state index is 5.34. The highest BCUT2D eigenvalue weighted by Gasteiger charge is 2.29. The molecule has 9 aromatic rings. The fourth-order valence-electron chi connectivity index (χ4n) is 9.20. The van der Waals surface area contributed by atoms with Crippen molar-refractivity contribution in [3.63, 3.8) is 0 Å². The van der Waals surface area contributed by atoms with Gasteiger partial charge in [-0.1, -0.05) is 207 Å². The smallest absolute Gasteiger partial charge is 0.242 e. The van der Waals surface area contributed by atoms with Gasteiger partial charge in [0.05, 0.1) is 0 Å². The summed E-state index contributed by atoms with van der Waals surface area (Å²) in [6.45, 7) is 13.5. The van der Waals surface area contributed by atoms with Crippen molar-refractivity contribution in [1.29, 1.82) is 0 Å². The zero-order valence-electron chi connectivity index (χ0n) is 36.3. The number of nitrogens with zero attached hydrogens (tertiary/aromatic N) is 4. The third-order valence-corrected chi connectivity index (χ3v) is 11.8. The third-order valence-electron chi connectivity index (χ3n) is 11.8. The molecule has 9 rings (SSSR count). The van der Waals surface area contributed by atoms with Crippen LogP contribution in [0.2, 0.25) is 0 Å². The van der Waals surface area contributed by atoms with Gasteiger partial charge in [0.2, 0.25) is 12.7 Å². The van der Waals surface area contributed by atoms with Gasteiger partial charge in [0.15, 0.2) is 11.6 Å². The van der Waals surface area contributed by atoms with Crippen LogP contribution < -0.4 is 21.3 Å². The van der Waals surface area contributed by atoms with Crippen LogP contribution in [-0.2, 0) is 0 Å². The van der Waals surface area contributed by atoms with Gasteiger partial charge in [-0.2, -0.15) is 9.97 Å². The molecule has 0 fully saturated rings. The minimum atomic E-state index is 0.0467. The Kier molecular flexibility index (Phi) is 11.2. The van der Waals surface area contributed by atoms with Crippen LogP contribution in [0.1, 0.15) is 33.4 Å². The van der Waals surface area contributed by atoms with Crippen LogP contribution in [0.15, 0.2) is 188 Å². The Morgan fingerprint density at radius 1 is 0.339 bits per heavy atom. The predicted octanol–water partition coefficient (Wildman–Crippen LogP) is 12.4. The summed E-state index contributed by atoms with van der Waals surface area (Å²) in [6, 6.07) is 66.6. The second-order valence-corrected chi connectivity index (χ2v) is 16.5. The lowest BCUT2D eigenvalue weighted by Gasteiger charge is -2.27. The topological polar surface area (TPSA) is 41.9 Å². The van der Waals surface area contributed by atoms with E-state index in [1.165, 1.54) is 49.8 Å². The minimum Gasteiger partial charge on any atom is -0.279 e. The molecule has 0 aliphatic rings. The summed E-state index contributed by atoms with van der Waals surface area (Å²) < 4.78 is 0. The summed E-state index contributed by atoms with van der Waals surface area (Å²) >= 11 is 0. The third kappa shape index (κ3) is 8.22. The summed E-state index contributed by atoms with van der Waals surface area (Å²) in [5, 5.41) is 0. The quantitative estimate of drug-likeness (QED) is 0.129. The number of aryl methyl sites for hydroxylation is 6. The highest BCUT2D eigenvalue weighted by atomic mass is 15.3. The van der Waals surface area contributed by atoms with Gasteiger partial charge in [0.1, 0.15) is 0 Å². The van der Waals surface area contributed by atoms with E-state index in [1.54, 1.807) is 0 Å². The second kappa shape index (κ2) is 17.3. The molecule has 5 heteroatoms. The fourth-order valence-corrected chi connectivity index (χ4v) is 9.20. The Hall–Kier alpha value is -7.37. The van der Waals surface area contributed by atoms with E-state index < -0.39 is 0 Å². The molecule has 0 spiro atoms. The van der Waals surface area contributed by atoms with Crippen molar-refractivity contribution in [2.45, 2.75) is 41.5 Å². The van der Waals surface area contributed by atoms with Gasteiger partial charge in [-0.05, 0) is 94.1 Å². The van der Waals surface area contributed by atoms with Gasteiger partial charge in [-0.3, -0.25) is 4.90 Å². The highest BCUT2D eigenvalue weighted by Crippen LogP contribution is 2.37. The van der Waals surface area contributed by atoms with E-state index in [0.717, 1.165) is 44.8 Å². The van der Waals surface area contributed by atoms with E-state index in [4.69, 9.17) is 15.0 Å². The van der Waals surface area contributed by atoms with Crippen molar-refractivity contribution >= 4 is 40.4 Å². The number of hydrogen-bond acceptors (Lipinski definition) is 4. The standard InChI is InChI=1S/C57H49BN4/c1-38-32-40(3)53(41(4)33-38)58(54-42(5)34-39(2)35-43(54)6)50-28-30-51(31-29-50)62(52-27-17-25-48(37-52)45-20-12-8-13-21-45)57-60-55(46-22-14-9-15-23-46)59-56(61-57)49-26-16-24-47(36-49)44-18-10-7-11-19-44/h7-37H,1-6H3. The van der Waals surface area contributed by atoms with Gasteiger partial charge >= 0.3 is 0 Å². The molecule has 0 bridgehead atoms. The van der Waals surface area contributed by atoms with Crippen LogP contribution in [0, 0.1) is 41.5 Å². The Labute approximate surface area is 366 Å². The average molecular weight is 801 g/mol. The molecule has 0 aliphatic carbocycles. The van der Waals surface area contributed by atoms with Crippen LogP contribution in [0.5, 0.6) is 0 Å². The lowest BCUT2D eigenvalue weighted by Crippen LogP contribution is -2.55. The van der Waals surface area contributed by atoms with E-state index in [-0.39, 0.29) is 6.71 Å². The molecular formula is C57H49BN4. The van der Waals surface area contributed by atoms with Gasteiger partial charge in [0.25, 0.3) is 0 Å². The normalized spacial score (nSPS) is 11.1. The molecule has 0 radical (unpaired) electrons. The van der Waals surface area contributed by atoms with Gasteiger partial charge in [-0.25, -0.2) is 4.98 Å². The van der Waals surface area contributed by atoms with Gasteiger partial charge < -0.3 is 0 Å². The Morgan fingerprint density at radius 2 is 0.758 bits per heavy atom. The van der Waals surface area contributed by atoms with Crippen molar-refractivity contribution in [3.05, 3.63) is 221 Å². The molecule has 1 heterocycles. The van der Waals surface area contributed by atoms with Crippen molar-refractivity contribution < 1.29 is 0 Å². The number of anilines is 3. The lowest BCUT2D eigenvalue weighted by molar-refractivity contribution is 1.02. The molecule has 0 N–H and O–H groups in total.